The molecule has 1 N–H and O–H groups in total. The second-order valence-electron chi connectivity index (χ2n) is 5.77. The van der Waals surface area contributed by atoms with E-state index in [1.165, 1.54) is 7.11 Å². The second kappa shape index (κ2) is 7.76. The van der Waals surface area contributed by atoms with E-state index in [1.54, 1.807) is 72.8 Å². The summed E-state index contributed by atoms with van der Waals surface area (Å²) >= 11 is 0. The summed E-state index contributed by atoms with van der Waals surface area (Å²) in [6.07, 6.45) is 0. The van der Waals surface area contributed by atoms with Gasteiger partial charge in [-0.3, -0.25) is 9.59 Å². The number of ether oxygens (including phenoxy) is 1. The van der Waals surface area contributed by atoms with E-state index in [-0.39, 0.29) is 11.7 Å². The third kappa shape index (κ3) is 3.41. The van der Waals surface area contributed by atoms with Gasteiger partial charge in [0, 0.05) is 23.8 Å². The van der Waals surface area contributed by atoms with Gasteiger partial charge in [0.2, 0.25) is 11.5 Å². The van der Waals surface area contributed by atoms with Crippen LogP contribution in [0.1, 0.15) is 26.3 Å². The molecule has 0 aliphatic heterocycles. The molecule has 0 radical (unpaired) electrons. The minimum Gasteiger partial charge on any atom is -0.348 e. The molecule has 1 amide bonds. The van der Waals surface area contributed by atoms with Crippen molar-refractivity contribution < 1.29 is 14.3 Å². The van der Waals surface area contributed by atoms with Gasteiger partial charge in [0.25, 0.3) is 5.91 Å². The van der Waals surface area contributed by atoms with Gasteiger partial charge >= 0.3 is 0 Å². The first-order valence-corrected chi connectivity index (χ1v) is 8.25. The number of ketones is 1. The molecular formula is C22H19NO3. The Morgan fingerprint density at radius 2 is 1.19 bits per heavy atom. The Labute approximate surface area is 152 Å². The Kier molecular flexibility index (Phi) is 5.25. The van der Waals surface area contributed by atoms with Gasteiger partial charge in [-0.25, -0.2) is 0 Å². The van der Waals surface area contributed by atoms with Gasteiger partial charge in [0.1, 0.15) is 0 Å². The van der Waals surface area contributed by atoms with Crippen LogP contribution in [0.5, 0.6) is 0 Å². The molecule has 0 heterocycles. The van der Waals surface area contributed by atoms with E-state index in [1.807, 2.05) is 18.2 Å². The smallest absolute Gasteiger partial charge is 0.254 e. The number of Topliss-reactive ketones (excluding diaryl/α,β-unsaturated/α-hetero) is 1. The second-order valence-corrected chi connectivity index (χ2v) is 5.77. The fourth-order valence-electron chi connectivity index (χ4n) is 2.81. The van der Waals surface area contributed by atoms with Gasteiger partial charge in [-0.15, -0.1) is 0 Å². The van der Waals surface area contributed by atoms with Gasteiger partial charge in [0.15, 0.2) is 0 Å². The normalized spacial score (nSPS) is 12.8. The Balaban J connectivity index is 2.07. The maximum absolute atomic E-state index is 13.3. The van der Waals surface area contributed by atoms with Crippen LogP contribution in [-0.2, 0) is 10.5 Å². The Bertz CT molecular complexity index is 879. The molecule has 3 rings (SSSR count). The molecule has 130 valence electrons. The van der Waals surface area contributed by atoms with Crippen molar-refractivity contribution in [2.75, 3.05) is 7.11 Å². The molecule has 3 aromatic carbocycles. The number of benzene rings is 3. The largest absolute Gasteiger partial charge is 0.348 e. The van der Waals surface area contributed by atoms with Crippen molar-refractivity contribution in [1.82, 2.24) is 5.32 Å². The number of nitrogens with one attached hydrogen (secondary N) is 1. The first-order chi connectivity index (χ1) is 12.7. The van der Waals surface area contributed by atoms with Crippen LogP contribution in [0.25, 0.3) is 0 Å². The zero-order chi connectivity index (χ0) is 18.4. The predicted molar refractivity (Wildman–Crippen MR) is 99.8 cm³/mol. The van der Waals surface area contributed by atoms with Crippen LogP contribution in [0.3, 0.4) is 0 Å². The molecule has 1 atom stereocenters. The Morgan fingerprint density at radius 3 is 1.69 bits per heavy atom. The molecule has 0 aliphatic rings. The van der Waals surface area contributed by atoms with E-state index < -0.39 is 5.72 Å². The highest BCUT2D eigenvalue weighted by molar-refractivity contribution is 6.06. The lowest BCUT2D eigenvalue weighted by atomic mass is 9.92. The molecule has 4 nitrogen and oxygen atoms in total. The molecule has 0 aromatic heterocycles. The summed E-state index contributed by atoms with van der Waals surface area (Å²) in [7, 11) is 1.42. The summed E-state index contributed by atoms with van der Waals surface area (Å²) in [6.45, 7) is 0. The van der Waals surface area contributed by atoms with E-state index in [2.05, 4.69) is 5.32 Å². The first-order valence-electron chi connectivity index (χ1n) is 8.25. The maximum Gasteiger partial charge on any atom is 0.254 e. The lowest BCUT2D eigenvalue weighted by molar-refractivity contribution is -0.0195. The number of rotatable bonds is 6. The summed E-state index contributed by atoms with van der Waals surface area (Å²) in [6, 6.07) is 26.5. The highest BCUT2D eigenvalue weighted by Gasteiger charge is 2.42. The third-order valence-corrected chi connectivity index (χ3v) is 4.17. The van der Waals surface area contributed by atoms with E-state index in [4.69, 9.17) is 4.74 Å². The summed E-state index contributed by atoms with van der Waals surface area (Å²) < 4.78 is 5.65. The molecule has 0 fully saturated rings. The van der Waals surface area contributed by atoms with E-state index in [0.717, 1.165) is 0 Å². The number of carbonyl (C=O) groups excluding carboxylic acids is 2. The zero-order valence-electron chi connectivity index (χ0n) is 14.4. The molecule has 3 aromatic rings. The third-order valence-electron chi connectivity index (χ3n) is 4.17. The average Bonchev–Trinajstić information content (AvgIpc) is 2.73. The SMILES string of the molecule is COC(NC(=O)c1ccccc1)(C(=O)c1ccccc1)c1ccccc1. The molecule has 1 unspecified atom stereocenters. The molecular weight excluding hydrogens is 326 g/mol. The van der Waals surface area contributed by atoms with Gasteiger partial charge in [0.05, 0.1) is 0 Å². The molecule has 0 saturated heterocycles. The van der Waals surface area contributed by atoms with Crippen molar-refractivity contribution in [3.63, 3.8) is 0 Å². The molecule has 0 aliphatic carbocycles. The minimum absolute atomic E-state index is 0.337. The van der Waals surface area contributed by atoms with Crippen molar-refractivity contribution >= 4 is 11.7 Å². The van der Waals surface area contributed by atoms with Crippen LogP contribution in [0.2, 0.25) is 0 Å². The zero-order valence-corrected chi connectivity index (χ0v) is 14.4. The average molecular weight is 345 g/mol. The topological polar surface area (TPSA) is 55.4 Å². The number of methoxy groups -OCH3 is 1. The van der Waals surface area contributed by atoms with Gasteiger partial charge < -0.3 is 10.1 Å². The molecule has 4 heteroatoms. The summed E-state index contributed by atoms with van der Waals surface area (Å²) in [4.78, 5) is 26.1. The van der Waals surface area contributed by atoms with Crippen LogP contribution in [0, 0.1) is 0 Å². The van der Waals surface area contributed by atoms with Gasteiger partial charge in [-0.05, 0) is 12.1 Å². The highest BCUT2D eigenvalue weighted by Crippen LogP contribution is 2.27. The van der Waals surface area contributed by atoms with Crippen molar-refractivity contribution in [2.24, 2.45) is 0 Å². The fourth-order valence-corrected chi connectivity index (χ4v) is 2.81. The highest BCUT2D eigenvalue weighted by atomic mass is 16.5. The lowest BCUT2D eigenvalue weighted by Crippen LogP contribution is -2.53. The van der Waals surface area contributed by atoms with E-state index in [0.29, 0.717) is 16.7 Å². The number of hydrogen-bond acceptors (Lipinski definition) is 3. The predicted octanol–water partition coefficient (Wildman–Crippen LogP) is 3.80. The lowest BCUT2D eigenvalue weighted by Gasteiger charge is -2.32. The molecule has 0 bridgehead atoms. The van der Waals surface area contributed by atoms with Crippen LogP contribution >= 0.6 is 0 Å². The van der Waals surface area contributed by atoms with Crippen LogP contribution in [0.15, 0.2) is 91.0 Å². The van der Waals surface area contributed by atoms with Crippen LogP contribution < -0.4 is 5.32 Å². The fraction of sp³-hybridized carbons (Fsp3) is 0.0909. The van der Waals surface area contributed by atoms with Crippen molar-refractivity contribution in [3.05, 3.63) is 108 Å². The standard InChI is InChI=1S/C22H19NO3/c1-26-22(19-15-9-4-10-16-19,20(24)17-11-5-2-6-12-17)23-21(25)18-13-7-3-8-14-18/h2-16H,1H3,(H,23,25). The number of amides is 1. The monoisotopic (exact) mass is 345 g/mol. The quantitative estimate of drug-likeness (QED) is 0.546. The van der Waals surface area contributed by atoms with Crippen molar-refractivity contribution in [1.29, 1.82) is 0 Å². The van der Waals surface area contributed by atoms with E-state index in [9.17, 15) is 9.59 Å². The Morgan fingerprint density at radius 1 is 0.731 bits per heavy atom. The van der Waals surface area contributed by atoms with Gasteiger partial charge in [-0.2, -0.15) is 0 Å². The number of hydrogen-bond donors (Lipinski definition) is 1. The number of carbonyl (C=O) groups is 2. The Hall–Kier alpha value is -3.24. The summed E-state index contributed by atoms with van der Waals surface area (Å²) in [5.74, 6) is -0.725. The minimum atomic E-state index is -1.62. The van der Waals surface area contributed by atoms with Crippen molar-refractivity contribution in [3.8, 4) is 0 Å². The maximum atomic E-state index is 13.3. The van der Waals surface area contributed by atoms with E-state index >= 15 is 0 Å². The van der Waals surface area contributed by atoms with Crippen molar-refractivity contribution in [2.45, 2.75) is 5.72 Å². The van der Waals surface area contributed by atoms with Crippen LogP contribution in [0.4, 0.5) is 0 Å². The molecule has 0 spiro atoms. The summed E-state index contributed by atoms with van der Waals surface area (Å²) in [5, 5.41) is 2.80. The first kappa shape index (κ1) is 17.6. The van der Waals surface area contributed by atoms with Gasteiger partial charge in [-0.1, -0.05) is 78.9 Å². The van der Waals surface area contributed by atoms with Crippen LogP contribution in [-0.4, -0.2) is 18.8 Å². The molecule has 26 heavy (non-hydrogen) atoms. The molecule has 0 saturated carbocycles. The summed E-state index contributed by atoms with van der Waals surface area (Å²) in [5.41, 5.74) is -0.159.